The summed E-state index contributed by atoms with van der Waals surface area (Å²) in [6, 6.07) is 2.65. The lowest BCUT2D eigenvalue weighted by Crippen LogP contribution is -2.28. The van der Waals surface area contributed by atoms with Crippen LogP contribution in [0.3, 0.4) is 0 Å². The maximum atomic E-state index is 11.7. The van der Waals surface area contributed by atoms with Gasteiger partial charge in [-0.1, -0.05) is 0 Å². The minimum absolute atomic E-state index is 0.0714. The Balaban J connectivity index is 2.50. The molecule has 3 N–H and O–H groups in total. The van der Waals surface area contributed by atoms with Gasteiger partial charge in [0.2, 0.25) is 5.09 Å². The molecule has 0 saturated carbocycles. The molecule has 1 rings (SSSR count). The summed E-state index contributed by atoms with van der Waals surface area (Å²) in [5.74, 6) is 0.176. The number of aliphatic hydroxyl groups is 2. The van der Waals surface area contributed by atoms with Gasteiger partial charge in [-0.15, -0.1) is 0 Å². The van der Waals surface area contributed by atoms with Gasteiger partial charge < -0.3 is 19.4 Å². The standard InChI is InChI=1S/C10H17NO6S/c1-16-7-8(13)4-5-11-18(14,15)10-3-2-9(6-12)17-10/h2-3,8,11-13H,4-7H2,1H3. The Morgan fingerprint density at radius 3 is 2.78 bits per heavy atom. The number of furan rings is 1. The molecule has 0 radical (unpaired) electrons. The predicted molar refractivity (Wildman–Crippen MR) is 62.3 cm³/mol. The number of sulfonamides is 1. The van der Waals surface area contributed by atoms with E-state index in [0.29, 0.717) is 0 Å². The molecule has 7 nitrogen and oxygen atoms in total. The van der Waals surface area contributed by atoms with Crippen molar-refractivity contribution >= 4 is 10.0 Å². The number of ether oxygens (including phenoxy) is 1. The van der Waals surface area contributed by atoms with Crippen molar-refractivity contribution in [1.82, 2.24) is 4.72 Å². The largest absolute Gasteiger partial charge is 0.446 e. The van der Waals surface area contributed by atoms with E-state index in [4.69, 9.17) is 14.3 Å². The van der Waals surface area contributed by atoms with Crippen LogP contribution in [0, 0.1) is 0 Å². The first-order valence-electron chi connectivity index (χ1n) is 5.36. The van der Waals surface area contributed by atoms with Crippen LogP contribution < -0.4 is 4.72 Å². The van der Waals surface area contributed by atoms with Gasteiger partial charge in [-0.25, -0.2) is 13.1 Å². The van der Waals surface area contributed by atoms with E-state index >= 15 is 0 Å². The van der Waals surface area contributed by atoms with E-state index in [1.54, 1.807) is 0 Å². The summed E-state index contributed by atoms with van der Waals surface area (Å²) in [6.07, 6.45) is -0.483. The van der Waals surface area contributed by atoms with Crippen LogP contribution in [0.15, 0.2) is 21.6 Å². The summed E-state index contributed by atoms with van der Waals surface area (Å²) in [6.45, 7) is -0.138. The number of methoxy groups -OCH3 is 1. The molecule has 0 fully saturated rings. The molecule has 0 aliphatic carbocycles. The smallest absolute Gasteiger partial charge is 0.273 e. The number of rotatable bonds is 8. The SMILES string of the molecule is COCC(O)CCNS(=O)(=O)c1ccc(CO)o1. The van der Waals surface area contributed by atoms with Gasteiger partial charge in [-0.3, -0.25) is 0 Å². The highest BCUT2D eigenvalue weighted by molar-refractivity contribution is 7.89. The van der Waals surface area contributed by atoms with Crippen molar-refractivity contribution in [2.45, 2.75) is 24.2 Å². The third-order valence-corrected chi connectivity index (χ3v) is 3.52. The van der Waals surface area contributed by atoms with E-state index in [1.165, 1.54) is 19.2 Å². The van der Waals surface area contributed by atoms with Gasteiger partial charge >= 0.3 is 0 Å². The molecule has 1 aromatic heterocycles. The second kappa shape index (κ2) is 6.86. The van der Waals surface area contributed by atoms with Crippen molar-refractivity contribution in [2.75, 3.05) is 20.3 Å². The Morgan fingerprint density at radius 1 is 1.50 bits per heavy atom. The molecule has 8 heteroatoms. The summed E-state index contributed by atoms with van der Waals surface area (Å²) in [7, 11) is -2.29. The van der Waals surface area contributed by atoms with Crippen LogP contribution in [0.2, 0.25) is 0 Å². The molecule has 0 saturated heterocycles. The van der Waals surface area contributed by atoms with Gasteiger partial charge in [0.1, 0.15) is 12.4 Å². The van der Waals surface area contributed by atoms with Gasteiger partial charge in [-0.05, 0) is 18.6 Å². The first-order chi connectivity index (χ1) is 8.49. The van der Waals surface area contributed by atoms with Crippen LogP contribution >= 0.6 is 0 Å². The summed E-state index contributed by atoms with van der Waals surface area (Å²) in [5.41, 5.74) is 0. The molecule has 1 atom stereocenters. The zero-order valence-corrected chi connectivity index (χ0v) is 10.8. The molecule has 0 aromatic carbocycles. The Morgan fingerprint density at radius 2 is 2.22 bits per heavy atom. The number of nitrogens with one attached hydrogen (secondary N) is 1. The van der Waals surface area contributed by atoms with Crippen LogP contribution in [-0.2, 0) is 21.4 Å². The van der Waals surface area contributed by atoms with Crippen LogP contribution in [-0.4, -0.2) is 45.0 Å². The van der Waals surface area contributed by atoms with Gasteiger partial charge in [0.25, 0.3) is 10.0 Å². The minimum Gasteiger partial charge on any atom is -0.446 e. The van der Waals surface area contributed by atoms with Gasteiger partial charge in [0, 0.05) is 13.7 Å². The number of aliphatic hydroxyl groups excluding tert-OH is 2. The summed E-state index contributed by atoms with van der Waals surface area (Å²) >= 11 is 0. The first-order valence-corrected chi connectivity index (χ1v) is 6.84. The number of hydrogen-bond donors (Lipinski definition) is 3. The van der Waals surface area contributed by atoms with E-state index < -0.39 is 16.1 Å². The Kier molecular flexibility index (Phi) is 5.76. The van der Waals surface area contributed by atoms with Crippen LogP contribution in [0.5, 0.6) is 0 Å². The van der Waals surface area contributed by atoms with Crippen molar-refractivity contribution in [2.24, 2.45) is 0 Å². The lowest BCUT2D eigenvalue weighted by atomic mass is 10.3. The average Bonchev–Trinajstić information content (AvgIpc) is 2.78. The Labute approximate surface area is 105 Å². The molecule has 0 aliphatic rings. The fourth-order valence-corrected chi connectivity index (χ4v) is 2.29. The van der Waals surface area contributed by atoms with Crippen LogP contribution in [0.1, 0.15) is 12.2 Å². The molecule has 18 heavy (non-hydrogen) atoms. The molecule has 1 aromatic rings. The van der Waals surface area contributed by atoms with Gasteiger partial charge in [0.05, 0.1) is 12.7 Å². The Bertz CT molecular complexity index is 455. The summed E-state index contributed by atoms with van der Waals surface area (Å²) in [4.78, 5) is 0. The quantitative estimate of drug-likeness (QED) is 0.589. The van der Waals surface area contributed by atoms with E-state index in [0.717, 1.165) is 0 Å². The lowest BCUT2D eigenvalue weighted by Gasteiger charge is -2.09. The predicted octanol–water partition coefficient (Wildman–Crippen LogP) is -0.552. The zero-order valence-electron chi connectivity index (χ0n) is 10.00. The Hall–Kier alpha value is -0.930. The average molecular weight is 279 g/mol. The zero-order chi connectivity index (χ0) is 13.6. The van der Waals surface area contributed by atoms with Gasteiger partial charge in [-0.2, -0.15) is 0 Å². The van der Waals surface area contributed by atoms with Crippen molar-refractivity contribution in [1.29, 1.82) is 0 Å². The molecular weight excluding hydrogens is 262 g/mol. The molecule has 0 amide bonds. The van der Waals surface area contributed by atoms with Crippen LogP contribution in [0.25, 0.3) is 0 Å². The second-order valence-electron chi connectivity index (χ2n) is 3.67. The van der Waals surface area contributed by atoms with Crippen molar-refractivity contribution < 1.29 is 27.8 Å². The first kappa shape index (κ1) is 15.1. The fraction of sp³-hybridized carbons (Fsp3) is 0.600. The maximum absolute atomic E-state index is 11.7. The van der Waals surface area contributed by atoms with E-state index in [9.17, 15) is 13.5 Å². The minimum atomic E-state index is -3.74. The summed E-state index contributed by atoms with van der Waals surface area (Å²) < 4.78 is 35.3. The highest BCUT2D eigenvalue weighted by Gasteiger charge is 2.18. The highest BCUT2D eigenvalue weighted by Crippen LogP contribution is 2.13. The second-order valence-corrected chi connectivity index (χ2v) is 5.37. The van der Waals surface area contributed by atoms with Crippen molar-refractivity contribution in [3.63, 3.8) is 0 Å². The van der Waals surface area contributed by atoms with Crippen LogP contribution in [0.4, 0.5) is 0 Å². The molecule has 0 spiro atoms. The monoisotopic (exact) mass is 279 g/mol. The third-order valence-electron chi connectivity index (χ3n) is 2.19. The highest BCUT2D eigenvalue weighted by atomic mass is 32.2. The molecule has 1 heterocycles. The molecule has 1 unspecified atom stereocenters. The van der Waals surface area contributed by atoms with E-state index in [1.807, 2.05) is 0 Å². The van der Waals surface area contributed by atoms with Crippen molar-refractivity contribution in [3.8, 4) is 0 Å². The third kappa shape index (κ3) is 4.39. The van der Waals surface area contributed by atoms with Gasteiger partial charge in [0.15, 0.2) is 0 Å². The number of hydrogen-bond acceptors (Lipinski definition) is 6. The molecule has 0 aliphatic heterocycles. The summed E-state index contributed by atoms with van der Waals surface area (Å²) in [5, 5.41) is 17.9. The maximum Gasteiger partial charge on any atom is 0.273 e. The molecule has 104 valence electrons. The fourth-order valence-electron chi connectivity index (χ4n) is 1.29. The van der Waals surface area contributed by atoms with E-state index in [2.05, 4.69) is 4.72 Å². The van der Waals surface area contributed by atoms with E-state index in [-0.39, 0.29) is 37.0 Å². The van der Waals surface area contributed by atoms with Crippen molar-refractivity contribution in [3.05, 3.63) is 17.9 Å². The molecule has 0 bridgehead atoms. The topological polar surface area (TPSA) is 109 Å². The lowest BCUT2D eigenvalue weighted by molar-refractivity contribution is 0.0603. The normalized spacial score (nSPS) is 13.7. The molecular formula is C10H17NO6S.